The summed E-state index contributed by atoms with van der Waals surface area (Å²) in [4.78, 5) is 11.2. The number of methoxy groups -OCH3 is 1. The Labute approximate surface area is 86.1 Å². The lowest BCUT2D eigenvalue weighted by molar-refractivity contribution is 0.0599. The van der Waals surface area contributed by atoms with Gasteiger partial charge in [-0.1, -0.05) is 0 Å². The molecule has 1 aromatic rings. The van der Waals surface area contributed by atoms with Crippen molar-refractivity contribution in [2.45, 2.75) is 6.61 Å². The van der Waals surface area contributed by atoms with Gasteiger partial charge in [-0.25, -0.2) is 4.79 Å². The van der Waals surface area contributed by atoms with E-state index in [-0.39, 0.29) is 23.5 Å². The van der Waals surface area contributed by atoms with Gasteiger partial charge >= 0.3 is 5.97 Å². The van der Waals surface area contributed by atoms with E-state index in [1.807, 2.05) is 0 Å². The predicted octanol–water partition coefficient (Wildman–Crippen LogP) is 0.543. The van der Waals surface area contributed by atoms with Gasteiger partial charge in [0.1, 0.15) is 17.4 Å². The minimum Gasteiger partial charge on any atom is -0.507 e. The molecule has 0 spiro atoms. The number of carbonyl (C=O) groups is 1. The number of ether oxygens (including phenoxy) is 1. The average molecular weight is 207 g/mol. The van der Waals surface area contributed by atoms with Crippen molar-refractivity contribution in [2.75, 3.05) is 7.11 Å². The number of phenolic OH excluding ortho intramolecular Hbond substituents is 1. The van der Waals surface area contributed by atoms with Crippen molar-refractivity contribution >= 4 is 5.97 Å². The van der Waals surface area contributed by atoms with Crippen LogP contribution in [0.4, 0.5) is 0 Å². The normalized spacial score (nSPS) is 9.40. The Hall–Kier alpha value is -2.06. The van der Waals surface area contributed by atoms with E-state index in [9.17, 15) is 9.90 Å². The van der Waals surface area contributed by atoms with E-state index in [0.717, 1.165) is 0 Å². The number of nitrogens with zero attached hydrogens (tertiary/aromatic N) is 1. The fraction of sp³-hybridized carbons (Fsp3) is 0.200. The number of nitriles is 1. The molecule has 1 rings (SSSR count). The van der Waals surface area contributed by atoms with Crippen molar-refractivity contribution < 1.29 is 19.7 Å². The molecule has 0 saturated heterocycles. The number of phenols is 1. The summed E-state index contributed by atoms with van der Waals surface area (Å²) in [5.41, 5.74) is 0.134. The molecule has 0 unspecified atom stereocenters. The zero-order valence-electron chi connectivity index (χ0n) is 8.02. The molecule has 0 radical (unpaired) electrons. The van der Waals surface area contributed by atoms with Crippen molar-refractivity contribution in [1.29, 1.82) is 5.26 Å². The van der Waals surface area contributed by atoms with Crippen LogP contribution in [-0.4, -0.2) is 23.3 Å². The Morgan fingerprint density at radius 2 is 2.27 bits per heavy atom. The van der Waals surface area contributed by atoms with Gasteiger partial charge < -0.3 is 14.9 Å². The number of carbonyl (C=O) groups excluding carboxylic acids is 1. The van der Waals surface area contributed by atoms with Crippen LogP contribution in [0.25, 0.3) is 0 Å². The highest BCUT2D eigenvalue weighted by atomic mass is 16.5. The summed E-state index contributed by atoms with van der Waals surface area (Å²) < 4.78 is 4.45. The molecule has 0 amide bonds. The van der Waals surface area contributed by atoms with Gasteiger partial charge in [-0.2, -0.15) is 5.26 Å². The van der Waals surface area contributed by atoms with E-state index in [1.165, 1.54) is 19.2 Å². The number of hydrogen-bond acceptors (Lipinski definition) is 5. The van der Waals surface area contributed by atoms with Gasteiger partial charge in [0, 0.05) is 0 Å². The summed E-state index contributed by atoms with van der Waals surface area (Å²) in [6.07, 6.45) is 0. The van der Waals surface area contributed by atoms with E-state index < -0.39 is 5.97 Å². The molecule has 0 fully saturated rings. The minimum atomic E-state index is -0.725. The zero-order chi connectivity index (χ0) is 11.4. The molecule has 0 saturated carbocycles. The fourth-order valence-electron chi connectivity index (χ4n) is 1.16. The lowest BCUT2D eigenvalue weighted by atomic mass is 10.0. The van der Waals surface area contributed by atoms with Gasteiger partial charge in [0.25, 0.3) is 0 Å². The molecule has 0 aliphatic carbocycles. The van der Waals surface area contributed by atoms with Crippen molar-refractivity contribution in [3.63, 3.8) is 0 Å². The summed E-state index contributed by atoms with van der Waals surface area (Å²) in [5.74, 6) is -1.07. The van der Waals surface area contributed by atoms with Crippen LogP contribution in [0.5, 0.6) is 5.75 Å². The summed E-state index contributed by atoms with van der Waals surface area (Å²) in [6, 6.07) is 4.23. The molecule has 78 valence electrons. The van der Waals surface area contributed by atoms with Crippen molar-refractivity contribution in [3.8, 4) is 11.8 Å². The van der Waals surface area contributed by atoms with Crippen LogP contribution in [0.3, 0.4) is 0 Å². The summed E-state index contributed by atoms with van der Waals surface area (Å²) in [5, 5.41) is 27.0. The molecule has 0 aliphatic rings. The number of esters is 1. The first-order valence-electron chi connectivity index (χ1n) is 4.09. The summed E-state index contributed by atoms with van der Waals surface area (Å²) >= 11 is 0. The van der Waals surface area contributed by atoms with E-state index in [2.05, 4.69) is 4.74 Å². The molecule has 5 heteroatoms. The molecule has 1 aromatic carbocycles. The van der Waals surface area contributed by atoms with Gasteiger partial charge in [-0.05, 0) is 17.7 Å². The minimum absolute atomic E-state index is 0.0518. The highest BCUT2D eigenvalue weighted by molar-refractivity contribution is 5.93. The molecule has 15 heavy (non-hydrogen) atoms. The number of aromatic hydroxyl groups is 1. The van der Waals surface area contributed by atoms with E-state index in [4.69, 9.17) is 10.4 Å². The van der Waals surface area contributed by atoms with Crippen LogP contribution in [0.2, 0.25) is 0 Å². The third kappa shape index (κ3) is 2.06. The summed E-state index contributed by atoms with van der Waals surface area (Å²) in [7, 11) is 1.17. The van der Waals surface area contributed by atoms with Crippen LogP contribution in [0.15, 0.2) is 12.1 Å². The lowest BCUT2D eigenvalue weighted by Gasteiger charge is -2.06. The number of hydrogen-bond donors (Lipinski definition) is 2. The van der Waals surface area contributed by atoms with Gasteiger partial charge in [0.05, 0.1) is 19.3 Å². The largest absolute Gasteiger partial charge is 0.507 e. The summed E-state index contributed by atoms with van der Waals surface area (Å²) in [6.45, 7) is -0.330. The van der Waals surface area contributed by atoms with Crippen LogP contribution < -0.4 is 0 Å². The van der Waals surface area contributed by atoms with Crippen LogP contribution in [0.1, 0.15) is 21.5 Å². The first kappa shape index (κ1) is 11.0. The first-order valence-corrected chi connectivity index (χ1v) is 4.09. The second kappa shape index (κ2) is 4.44. The topological polar surface area (TPSA) is 90.6 Å². The maximum absolute atomic E-state index is 11.2. The molecule has 0 aliphatic heterocycles. The first-order chi connectivity index (χ1) is 7.13. The molecular weight excluding hydrogens is 198 g/mol. The highest BCUT2D eigenvalue weighted by Crippen LogP contribution is 2.23. The lowest BCUT2D eigenvalue weighted by Crippen LogP contribution is -2.05. The molecule has 5 nitrogen and oxygen atoms in total. The number of benzene rings is 1. The van der Waals surface area contributed by atoms with Gasteiger partial charge in [0.2, 0.25) is 0 Å². The SMILES string of the molecule is COC(=O)c1cc(CO)cc(O)c1C#N. The molecule has 0 bridgehead atoms. The molecule has 0 heterocycles. The van der Waals surface area contributed by atoms with Crippen LogP contribution in [0, 0.1) is 11.3 Å². The highest BCUT2D eigenvalue weighted by Gasteiger charge is 2.16. The maximum atomic E-state index is 11.2. The molecule has 0 aromatic heterocycles. The number of rotatable bonds is 2. The van der Waals surface area contributed by atoms with E-state index in [1.54, 1.807) is 6.07 Å². The molecular formula is C10H9NO4. The van der Waals surface area contributed by atoms with Crippen LogP contribution >= 0.6 is 0 Å². The Bertz CT molecular complexity index is 434. The Morgan fingerprint density at radius 1 is 1.60 bits per heavy atom. The third-order valence-electron chi connectivity index (χ3n) is 1.88. The van der Waals surface area contributed by atoms with E-state index >= 15 is 0 Å². The van der Waals surface area contributed by atoms with Crippen molar-refractivity contribution in [3.05, 3.63) is 28.8 Å². The Balaban J connectivity index is 3.40. The standard InChI is InChI=1S/C10H9NO4/c1-15-10(14)7-2-6(5-12)3-9(13)8(7)4-11/h2-3,12-13H,5H2,1H3. The molecule has 2 N–H and O–H groups in total. The Morgan fingerprint density at radius 3 is 2.73 bits per heavy atom. The second-order valence-electron chi connectivity index (χ2n) is 2.80. The second-order valence-corrected chi connectivity index (χ2v) is 2.80. The quantitative estimate of drug-likeness (QED) is 0.691. The van der Waals surface area contributed by atoms with Crippen LogP contribution in [-0.2, 0) is 11.3 Å². The van der Waals surface area contributed by atoms with Gasteiger partial charge in [-0.15, -0.1) is 0 Å². The Kier molecular flexibility index (Phi) is 3.26. The van der Waals surface area contributed by atoms with E-state index in [0.29, 0.717) is 5.56 Å². The smallest absolute Gasteiger partial charge is 0.339 e. The van der Waals surface area contributed by atoms with Crippen molar-refractivity contribution in [2.24, 2.45) is 0 Å². The van der Waals surface area contributed by atoms with Gasteiger partial charge in [0.15, 0.2) is 0 Å². The predicted molar refractivity (Wildman–Crippen MR) is 50.1 cm³/mol. The van der Waals surface area contributed by atoms with Gasteiger partial charge in [-0.3, -0.25) is 0 Å². The average Bonchev–Trinajstić information content (AvgIpc) is 2.26. The number of aliphatic hydroxyl groups excluding tert-OH is 1. The maximum Gasteiger partial charge on any atom is 0.339 e. The molecule has 0 atom stereocenters. The fourth-order valence-corrected chi connectivity index (χ4v) is 1.16. The monoisotopic (exact) mass is 207 g/mol. The number of aliphatic hydroxyl groups is 1. The zero-order valence-corrected chi connectivity index (χ0v) is 8.02. The third-order valence-corrected chi connectivity index (χ3v) is 1.88. The van der Waals surface area contributed by atoms with Crippen molar-refractivity contribution in [1.82, 2.24) is 0 Å².